The Labute approximate surface area is 118 Å². The zero-order valence-corrected chi connectivity index (χ0v) is 13.1. The second kappa shape index (κ2) is 8.16. The van der Waals surface area contributed by atoms with Crippen LogP contribution in [0.25, 0.3) is 0 Å². The Morgan fingerprint density at radius 1 is 1.21 bits per heavy atom. The summed E-state index contributed by atoms with van der Waals surface area (Å²) in [6.07, 6.45) is 1.16. The quantitative estimate of drug-likeness (QED) is 0.728. The monoisotopic (exact) mass is 263 g/mol. The molecule has 0 saturated heterocycles. The molecule has 0 amide bonds. The molecular formula is C16H29N3. The van der Waals surface area contributed by atoms with Gasteiger partial charge in [0, 0.05) is 19.1 Å². The molecule has 1 aromatic rings. The predicted octanol–water partition coefficient (Wildman–Crippen LogP) is 3.45. The van der Waals surface area contributed by atoms with E-state index in [4.69, 9.17) is 4.98 Å². The smallest absolute Gasteiger partial charge is 0.129 e. The van der Waals surface area contributed by atoms with Crippen molar-refractivity contribution in [3.8, 4) is 0 Å². The highest BCUT2D eigenvalue weighted by Crippen LogP contribution is 2.16. The molecule has 0 saturated carbocycles. The summed E-state index contributed by atoms with van der Waals surface area (Å²) >= 11 is 0. The van der Waals surface area contributed by atoms with E-state index >= 15 is 0 Å². The van der Waals surface area contributed by atoms with Gasteiger partial charge in [0.05, 0.1) is 5.69 Å². The maximum atomic E-state index is 4.78. The highest BCUT2D eigenvalue weighted by atomic mass is 15.2. The molecule has 0 radical (unpaired) electrons. The maximum absolute atomic E-state index is 4.78. The first-order valence-electron chi connectivity index (χ1n) is 7.47. The molecule has 1 N–H and O–H groups in total. The molecule has 3 heteroatoms. The standard InChI is InChI=1S/C16H29N3/c1-6-10-17-11-15-8-7-9-16(18-15)19(14(4)5)12-13(2)3/h7-9,13-14,17H,6,10-12H2,1-5H3. The molecule has 0 unspecified atom stereocenters. The summed E-state index contributed by atoms with van der Waals surface area (Å²) in [6, 6.07) is 6.81. The van der Waals surface area contributed by atoms with Crippen molar-refractivity contribution in [3.63, 3.8) is 0 Å². The molecule has 0 fully saturated rings. The van der Waals surface area contributed by atoms with Crippen molar-refractivity contribution in [2.75, 3.05) is 18.0 Å². The minimum Gasteiger partial charge on any atom is -0.354 e. The van der Waals surface area contributed by atoms with Crippen LogP contribution >= 0.6 is 0 Å². The number of aromatic nitrogens is 1. The van der Waals surface area contributed by atoms with E-state index in [-0.39, 0.29) is 0 Å². The van der Waals surface area contributed by atoms with E-state index < -0.39 is 0 Å². The van der Waals surface area contributed by atoms with E-state index in [1.54, 1.807) is 0 Å². The molecule has 1 rings (SSSR count). The molecule has 19 heavy (non-hydrogen) atoms. The van der Waals surface area contributed by atoms with Crippen molar-refractivity contribution in [2.24, 2.45) is 5.92 Å². The van der Waals surface area contributed by atoms with Gasteiger partial charge >= 0.3 is 0 Å². The van der Waals surface area contributed by atoms with Gasteiger partial charge in [-0.1, -0.05) is 26.8 Å². The maximum Gasteiger partial charge on any atom is 0.129 e. The van der Waals surface area contributed by atoms with E-state index in [9.17, 15) is 0 Å². The molecule has 1 aromatic heterocycles. The lowest BCUT2D eigenvalue weighted by atomic mass is 10.1. The highest BCUT2D eigenvalue weighted by molar-refractivity contribution is 5.40. The summed E-state index contributed by atoms with van der Waals surface area (Å²) in [6.45, 7) is 14.1. The molecule has 0 atom stereocenters. The van der Waals surface area contributed by atoms with Crippen LogP contribution in [0.1, 0.15) is 46.7 Å². The normalized spacial score (nSPS) is 11.3. The number of nitrogens with one attached hydrogen (secondary N) is 1. The van der Waals surface area contributed by atoms with Gasteiger partial charge in [-0.2, -0.15) is 0 Å². The molecule has 0 aliphatic carbocycles. The molecule has 1 heterocycles. The number of pyridine rings is 1. The Hall–Kier alpha value is -1.09. The third kappa shape index (κ3) is 5.60. The largest absolute Gasteiger partial charge is 0.354 e. The average Bonchev–Trinajstić information content (AvgIpc) is 2.36. The van der Waals surface area contributed by atoms with Crippen LogP contribution in [0.15, 0.2) is 18.2 Å². The second-order valence-corrected chi connectivity index (χ2v) is 5.80. The fraction of sp³-hybridized carbons (Fsp3) is 0.688. The third-order valence-corrected chi connectivity index (χ3v) is 3.00. The topological polar surface area (TPSA) is 28.2 Å². The Bertz CT molecular complexity index is 361. The summed E-state index contributed by atoms with van der Waals surface area (Å²) in [5, 5.41) is 3.41. The van der Waals surface area contributed by atoms with Crippen LogP contribution in [0.2, 0.25) is 0 Å². The second-order valence-electron chi connectivity index (χ2n) is 5.80. The first kappa shape index (κ1) is 16.0. The zero-order chi connectivity index (χ0) is 14.3. The summed E-state index contributed by atoms with van der Waals surface area (Å²) in [4.78, 5) is 7.17. The van der Waals surface area contributed by atoms with E-state index in [0.717, 1.165) is 37.6 Å². The fourth-order valence-corrected chi connectivity index (χ4v) is 2.08. The fourth-order valence-electron chi connectivity index (χ4n) is 2.08. The third-order valence-electron chi connectivity index (χ3n) is 3.00. The van der Waals surface area contributed by atoms with Crippen molar-refractivity contribution in [1.29, 1.82) is 0 Å². The first-order valence-corrected chi connectivity index (χ1v) is 7.47. The molecule has 0 bridgehead atoms. The van der Waals surface area contributed by atoms with Crippen molar-refractivity contribution in [1.82, 2.24) is 10.3 Å². The van der Waals surface area contributed by atoms with Gasteiger partial charge in [0.15, 0.2) is 0 Å². The molecule has 0 aliphatic rings. The summed E-state index contributed by atoms with van der Waals surface area (Å²) < 4.78 is 0. The number of hydrogen-bond acceptors (Lipinski definition) is 3. The predicted molar refractivity (Wildman–Crippen MR) is 83.6 cm³/mol. The van der Waals surface area contributed by atoms with Crippen LogP contribution in [0, 0.1) is 5.92 Å². The van der Waals surface area contributed by atoms with Crippen LogP contribution < -0.4 is 10.2 Å². The Balaban J connectivity index is 2.76. The summed E-state index contributed by atoms with van der Waals surface area (Å²) in [5.74, 6) is 1.74. The van der Waals surface area contributed by atoms with Gasteiger partial charge in [-0.05, 0) is 44.9 Å². The van der Waals surface area contributed by atoms with Gasteiger partial charge in [0.25, 0.3) is 0 Å². The number of anilines is 1. The lowest BCUT2D eigenvalue weighted by Crippen LogP contribution is -2.35. The lowest BCUT2D eigenvalue weighted by Gasteiger charge is -2.30. The molecule has 0 spiro atoms. The van der Waals surface area contributed by atoms with Gasteiger partial charge in [-0.3, -0.25) is 0 Å². The average molecular weight is 263 g/mol. The van der Waals surface area contributed by atoms with E-state index in [1.165, 1.54) is 0 Å². The van der Waals surface area contributed by atoms with Crippen LogP contribution in [0.4, 0.5) is 5.82 Å². The van der Waals surface area contributed by atoms with Crippen molar-refractivity contribution in [3.05, 3.63) is 23.9 Å². The van der Waals surface area contributed by atoms with E-state index in [1.807, 2.05) is 0 Å². The number of nitrogens with zero attached hydrogens (tertiary/aromatic N) is 2. The zero-order valence-electron chi connectivity index (χ0n) is 13.1. The van der Waals surface area contributed by atoms with Gasteiger partial charge in [-0.15, -0.1) is 0 Å². The van der Waals surface area contributed by atoms with Gasteiger partial charge in [-0.25, -0.2) is 4.98 Å². The molecule has 3 nitrogen and oxygen atoms in total. The van der Waals surface area contributed by atoms with Crippen LogP contribution in [0.5, 0.6) is 0 Å². The molecular weight excluding hydrogens is 234 g/mol. The van der Waals surface area contributed by atoms with Crippen molar-refractivity contribution >= 4 is 5.82 Å². The summed E-state index contributed by atoms with van der Waals surface area (Å²) in [5.41, 5.74) is 1.13. The minimum atomic E-state index is 0.480. The Kier molecular flexibility index (Phi) is 6.85. The van der Waals surface area contributed by atoms with Crippen LogP contribution in [0.3, 0.4) is 0 Å². The molecule has 108 valence electrons. The minimum absolute atomic E-state index is 0.480. The number of hydrogen-bond donors (Lipinski definition) is 1. The van der Waals surface area contributed by atoms with Gasteiger partial charge in [0.1, 0.15) is 5.82 Å². The van der Waals surface area contributed by atoms with Crippen LogP contribution in [-0.2, 0) is 6.54 Å². The van der Waals surface area contributed by atoms with Crippen molar-refractivity contribution in [2.45, 2.75) is 53.6 Å². The van der Waals surface area contributed by atoms with Crippen LogP contribution in [-0.4, -0.2) is 24.1 Å². The lowest BCUT2D eigenvalue weighted by molar-refractivity contribution is 0.564. The summed E-state index contributed by atoms with van der Waals surface area (Å²) in [7, 11) is 0. The van der Waals surface area contributed by atoms with E-state index in [0.29, 0.717) is 12.0 Å². The molecule has 0 aliphatic heterocycles. The highest BCUT2D eigenvalue weighted by Gasteiger charge is 2.13. The van der Waals surface area contributed by atoms with E-state index in [2.05, 4.69) is 63.0 Å². The van der Waals surface area contributed by atoms with Gasteiger partial charge in [0.2, 0.25) is 0 Å². The first-order chi connectivity index (χ1) is 9.04. The van der Waals surface area contributed by atoms with Crippen molar-refractivity contribution < 1.29 is 0 Å². The van der Waals surface area contributed by atoms with Gasteiger partial charge < -0.3 is 10.2 Å². The Morgan fingerprint density at radius 2 is 1.95 bits per heavy atom. The Morgan fingerprint density at radius 3 is 2.53 bits per heavy atom. The molecule has 0 aromatic carbocycles. The number of rotatable bonds is 8. The SMILES string of the molecule is CCCNCc1cccc(N(CC(C)C)C(C)C)n1.